The molecule has 116 valence electrons. The zero-order chi connectivity index (χ0) is 15.5. The topological polar surface area (TPSA) is 58.6 Å². The SMILES string of the molecule is Cc1ccc(NC(=O)CC2(O)CCCC2)cc1OC(F)F. The van der Waals surface area contributed by atoms with Crippen molar-refractivity contribution >= 4 is 11.6 Å². The summed E-state index contributed by atoms with van der Waals surface area (Å²) in [5.74, 6) is -0.298. The molecule has 0 spiro atoms. The second-order valence-corrected chi connectivity index (χ2v) is 5.52. The lowest BCUT2D eigenvalue weighted by Crippen LogP contribution is -2.30. The van der Waals surface area contributed by atoms with Crippen LogP contribution in [-0.4, -0.2) is 23.2 Å². The highest BCUT2D eigenvalue weighted by molar-refractivity contribution is 5.91. The fraction of sp³-hybridized carbons (Fsp3) is 0.533. The molecule has 1 aliphatic carbocycles. The molecule has 1 aliphatic rings. The third-order valence-electron chi connectivity index (χ3n) is 3.71. The van der Waals surface area contributed by atoms with Crippen LogP contribution in [-0.2, 0) is 4.79 Å². The van der Waals surface area contributed by atoms with Gasteiger partial charge in [-0.15, -0.1) is 0 Å². The van der Waals surface area contributed by atoms with Crippen molar-refractivity contribution in [3.05, 3.63) is 23.8 Å². The van der Waals surface area contributed by atoms with E-state index in [1.165, 1.54) is 6.07 Å². The van der Waals surface area contributed by atoms with Crippen LogP contribution >= 0.6 is 0 Å². The van der Waals surface area contributed by atoms with E-state index in [9.17, 15) is 18.7 Å². The van der Waals surface area contributed by atoms with Crippen molar-refractivity contribution in [1.82, 2.24) is 0 Å². The highest BCUT2D eigenvalue weighted by atomic mass is 19.3. The van der Waals surface area contributed by atoms with E-state index in [0.29, 0.717) is 24.1 Å². The second-order valence-electron chi connectivity index (χ2n) is 5.52. The van der Waals surface area contributed by atoms with Gasteiger partial charge in [-0.05, 0) is 31.4 Å². The minimum atomic E-state index is -2.91. The number of benzene rings is 1. The summed E-state index contributed by atoms with van der Waals surface area (Å²) in [5, 5.41) is 12.8. The summed E-state index contributed by atoms with van der Waals surface area (Å²) >= 11 is 0. The van der Waals surface area contributed by atoms with Crippen LogP contribution in [0.2, 0.25) is 0 Å². The maximum Gasteiger partial charge on any atom is 0.387 e. The third kappa shape index (κ3) is 4.39. The number of anilines is 1. The van der Waals surface area contributed by atoms with Crippen LogP contribution in [0.25, 0.3) is 0 Å². The molecule has 0 aliphatic heterocycles. The molecule has 6 heteroatoms. The largest absolute Gasteiger partial charge is 0.434 e. The van der Waals surface area contributed by atoms with Gasteiger partial charge in [0.15, 0.2) is 0 Å². The zero-order valence-electron chi connectivity index (χ0n) is 11.9. The molecule has 0 radical (unpaired) electrons. The molecule has 1 aromatic carbocycles. The molecule has 0 heterocycles. The van der Waals surface area contributed by atoms with E-state index in [0.717, 1.165) is 12.8 Å². The van der Waals surface area contributed by atoms with Crippen LogP contribution in [0.3, 0.4) is 0 Å². The fourth-order valence-corrected chi connectivity index (χ4v) is 2.61. The molecule has 1 saturated carbocycles. The molecule has 1 aromatic rings. The average Bonchev–Trinajstić information content (AvgIpc) is 2.79. The Balaban J connectivity index is 2.00. The predicted molar refractivity (Wildman–Crippen MR) is 74.5 cm³/mol. The van der Waals surface area contributed by atoms with Crippen molar-refractivity contribution in [3.8, 4) is 5.75 Å². The Morgan fingerprint density at radius 2 is 2.10 bits per heavy atom. The second kappa shape index (κ2) is 6.39. The zero-order valence-corrected chi connectivity index (χ0v) is 11.9. The summed E-state index contributed by atoms with van der Waals surface area (Å²) in [6, 6.07) is 4.57. The molecular formula is C15H19F2NO3. The molecule has 2 N–H and O–H groups in total. The maximum atomic E-state index is 12.3. The van der Waals surface area contributed by atoms with Crippen LogP contribution in [0, 0.1) is 6.92 Å². The number of nitrogens with one attached hydrogen (secondary N) is 1. The van der Waals surface area contributed by atoms with Gasteiger partial charge in [-0.25, -0.2) is 0 Å². The summed E-state index contributed by atoms with van der Waals surface area (Å²) in [6.45, 7) is -1.27. The van der Waals surface area contributed by atoms with Gasteiger partial charge < -0.3 is 15.2 Å². The van der Waals surface area contributed by atoms with Gasteiger partial charge in [0.05, 0.1) is 12.0 Å². The minimum absolute atomic E-state index is 0.0198. The lowest BCUT2D eigenvalue weighted by molar-refractivity contribution is -0.120. The molecule has 0 unspecified atom stereocenters. The lowest BCUT2D eigenvalue weighted by Gasteiger charge is -2.21. The number of aliphatic hydroxyl groups is 1. The Kier molecular flexibility index (Phi) is 4.77. The highest BCUT2D eigenvalue weighted by Crippen LogP contribution is 2.32. The number of carbonyl (C=O) groups is 1. The first-order chi connectivity index (χ1) is 9.88. The summed E-state index contributed by atoms with van der Waals surface area (Å²) in [4.78, 5) is 11.9. The Morgan fingerprint density at radius 3 is 2.71 bits per heavy atom. The number of hydrogen-bond acceptors (Lipinski definition) is 3. The van der Waals surface area contributed by atoms with Crippen molar-refractivity contribution < 1.29 is 23.4 Å². The van der Waals surface area contributed by atoms with E-state index < -0.39 is 12.2 Å². The van der Waals surface area contributed by atoms with Crippen LogP contribution in [0.15, 0.2) is 18.2 Å². The molecule has 21 heavy (non-hydrogen) atoms. The van der Waals surface area contributed by atoms with Crippen molar-refractivity contribution in [2.45, 2.75) is 51.2 Å². The standard InChI is InChI=1S/C15H19F2NO3/c1-10-4-5-11(8-12(10)21-14(16)17)18-13(19)9-15(20)6-2-3-7-15/h4-5,8,14,20H,2-3,6-7,9H2,1H3,(H,18,19). The number of halogens is 2. The van der Waals surface area contributed by atoms with Crippen LogP contribution in [0.1, 0.15) is 37.7 Å². The average molecular weight is 299 g/mol. The van der Waals surface area contributed by atoms with E-state index in [1.807, 2.05) is 0 Å². The van der Waals surface area contributed by atoms with E-state index in [-0.39, 0.29) is 18.1 Å². The predicted octanol–water partition coefficient (Wildman–Crippen LogP) is 3.23. The number of alkyl halides is 2. The van der Waals surface area contributed by atoms with Crippen molar-refractivity contribution in [1.29, 1.82) is 0 Å². The lowest BCUT2D eigenvalue weighted by atomic mass is 9.97. The molecule has 0 aromatic heterocycles. The van der Waals surface area contributed by atoms with Crippen molar-refractivity contribution in [2.75, 3.05) is 5.32 Å². The molecule has 4 nitrogen and oxygen atoms in total. The number of hydrogen-bond donors (Lipinski definition) is 2. The number of aryl methyl sites for hydroxylation is 1. The normalized spacial score (nSPS) is 17.0. The van der Waals surface area contributed by atoms with Crippen LogP contribution < -0.4 is 10.1 Å². The Morgan fingerprint density at radius 1 is 1.43 bits per heavy atom. The molecule has 0 bridgehead atoms. The summed E-state index contributed by atoms with van der Waals surface area (Å²) in [7, 11) is 0. The first-order valence-corrected chi connectivity index (χ1v) is 6.96. The maximum absolute atomic E-state index is 12.3. The van der Waals surface area contributed by atoms with E-state index in [4.69, 9.17) is 0 Å². The Labute approximate surface area is 122 Å². The first kappa shape index (κ1) is 15.7. The van der Waals surface area contributed by atoms with E-state index in [1.54, 1.807) is 19.1 Å². The van der Waals surface area contributed by atoms with Gasteiger partial charge in [0.1, 0.15) is 5.75 Å². The number of carbonyl (C=O) groups excluding carboxylic acids is 1. The summed E-state index contributed by atoms with van der Waals surface area (Å²) in [6.07, 6.45) is 3.09. The van der Waals surface area contributed by atoms with Gasteiger partial charge in [-0.2, -0.15) is 8.78 Å². The van der Waals surface area contributed by atoms with Gasteiger partial charge in [-0.3, -0.25) is 4.79 Å². The molecule has 0 atom stereocenters. The number of amides is 1. The minimum Gasteiger partial charge on any atom is -0.434 e. The van der Waals surface area contributed by atoms with Gasteiger partial charge >= 0.3 is 6.61 Å². The first-order valence-electron chi connectivity index (χ1n) is 6.96. The molecule has 0 saturated heterocycles. The van der Waals surface area contributed by atoms with Gasteiger partial charge in [0.25, 0.3) is 0 Å². The van der Waals surface area contributed by atoms with Crippen LogP contribution in [0.4, 0.5) is 14.5 Å². The Bertz CT molecular complexity index is 514. The fourth-order valence-electron chi connectivity index (χ4n) is 2.61. The van der Waals surface area contributed by atoms with Crippen molar-refractivity contribution in [3.63, 3.8) is 0 Å². The van der Waals surface area contributed by atoms with Crippen LogP contribution in [0.5, 0.6) is 5.75 Å². The Hall–Kier alpha value is -1.69. The highest BCUT2D eigenvalue weighted by Gasteiger charge is 2.33. The number of ether oxygens (including phenoxy) is 1. The molecular weight excluding hydrogens is 280 g/mol. The van der Waals surface area contributed by atoms with E-state index in [2.05, 4.69) is 10.1 Å². The van der Waals surface area contributed by atoms with Gasteiger partial charge in [0.2, 0.25) is 5.91 Å². The smallest absolute Gasteiger partial charge is 0.387 e. The summed E-state index contributed by atoms with van der Waals surface area (Å²) < 4.78 is 28.9. The van der Waals surface area contributed by atoms with Gasteiger partial charge in [-0.1, -0.05) is 18.9 Å². The quantitative estimate of drug-likeness (QED) is 0.877. The molecule has 1 amide bonds. The molecule has 1 fully saturated rings. The van der Waals surface area contributed by atoms with E-state index >= 15 is 0 Å². The summed E-state index contributed by atoms with van der Waals surface area (Å²) in [5.41, 5.74) is 0.00226. The van der Waals surface area contributed by atoms with Crippen molar-refractivity contribution in [2.24, 2.45) is 0 Å². The number of rotatable bonds is 5. The van der Waals surface area contributed by atoms with Gasteiger partial charge in [0, 0.05) is 11.8 Å². The third-order valence-corrected chi connectivity index (χ3v) is 3.71. The molecule has 2 rings (SSSR count). The monoisotopic (exact) mass is 299 g/mol.